The Kier molecular flexibility index (Phi) is 8.29. The second-order valence-corrected chi connectivity index (χ2v) is 4.62. The molecule has 2 nitrogen and oxygen atoms in total. The van der Waals surface area contributed by atoms with Crippen molar-refractivity contribution in [1.29, 1.82) is 0 Å². The number of halogens is 1. The van der Waals surface area contributed by atoms with Gasteiger partial charge in [-0.2, -0.15) is 0 Å². The molecule has 1 saturated heterocycles. The van der Waals surface area contributed by atoms with Crippen LogP contribution in [0, 0.1) is 0 Å². The lowest BCUT2D eigenvalue weighted by Gasteiger charge is -2.05. The fraction of sp³-hybridized carbons (Fsp3) is 1.00. The summed E-state index contributed by atoms with van der Waals surface area (Å²) in [6.07, 6.45) is 2.66. The molecule has 0 aromatic rings. The molecule has 11 heavy (non-hydrogen) atoms. The van der Waals surface area contributed by atoms with Crippen molar-refractivity contribution >= 4 is 32.8 Å². The highest BCUT2D eigenvalue weighted by molar-refractivity contribution is 6.36. The molecule has 1 rings (SSSR count). The first-order valence-electron chi connectivity index (χ1n) is 4.16. The smallest absolute Gasteiger partial charge is 0.379 e. The van der Waals surface area contributed by atoms with Crippen LogP contribution in [-0.4, -0.2) is 38.0 Å². The van der Waals surface area contributed by atoms with Gasteiger partial charge in [0.05, 0.1) is 13.2 Å². The standard InChI is InChI=1S/C4H9.C3H5O2.ClH.Mg/c1-3-4-2;1-2-5-3-4-1;;/h1,3-4H2,2H3;3H,1-2H2;1H;. The lowest BCUT2D eigenvalue weighted by Crippen LogP contribution is -2.16. The van der Waals surface area contributed by atoms with E-state index in [1.54, 1.807) is 0 Å². The molecular weight excluding hydrogens is 176 g/mol. The van der Waals surface area contributed by atoms with Crippen molar-refractivity contribution in [1.82, 2.24) is 0 Å². The molecule has 0 N–H and O–H groups in total. The Morgan fingerprint density at radius 2 is 2.00 bits per heavy atom. The van der Waals surface area contributed by atoms with E-state index >= 15 is 0 Å². The summed E-state index contributed by atoms with van der Waals surface area (Å²) in [5, 5.41) is 0. The monoisotopic (exact) mass is 190 g/mol. The van der Waals surface area contributed by atoms with Gasteiger partial charge >= 0.3 is 20.4 Å². The van der Waals surface area contributed by atoms with E-state index in [-0.39, 0.29) is 37.2 Å². The molecule has 0 atom stereocenters. The summed E-state index contributed by atoms with van der Waals surface area (Å²) in [6.45, 7) is 3.87. The van der Waals surface area contributed by atoms with Crippen molar-refractivity contribution < 1.29 is 9.47 Å². The average molecular weight is 191 g/mol. The van der Waals surface area contributed by atoms with Gasteiger partial charge < -0.3 is 9.47 Å². The average Bonchev–Trinajstić information content (AvgIpc) is 2.41. The first-order chi connectivity index (χ1) is 4.93. The second-order valence-electron chi connectivity index (χ2n) is 2.67. The van der Waals surface area contributed by atoms with Gasteiger partial charge in [-0.05, 0) is 0 Å². The van der Waals surface area contributed by atoms with Crippen molar-refractivity contribution in [2.24, 2.45) is 0 Å². The van der Waals surface area contributed by atoms with Gasteiger partial charge in [0.15, 0.2) is 0 Å². The zero-order chi connectivity index (χ0) is 7.23. The lowest BCUT2D eigenvalue weighted by atomic mass is 10.4. The van der Waals surface area contributed by atoms with Crippen molar-refractivity contribution in [2.75, 3.05) is 13.2 Å². The number of rotatable bonds is 4. The zero-order valence-electron chi connectivity index (χ0n) is 7.04. The van der Waals surface area contributed by atoms with E-state index < -0.39 is 0 Å². The highest BCUT2D eigenvalue weighted by Crippen LogP contribution is 2.05. The van der Waals surface area contributed by atoms with Crippen LogP contribution in [0.25, 0.3) is 0 Å². The van der Waals surface area contributed by atoms with Crippen molar-refractivity contribution in [2.45, 2.75) is 28.7 Å². The second kappa shape index (κ2) is 7.62. The van der Waals surface area contributed by atoms with Crippen molar-refractivity contribution in [3.63, 3.8) is 0 Å². The van der Waals surface area contributed by atoms with E-state index in [4.69, 9.17) is 9.47 Å². The van der Waals surface area contributed by atoms with Crippen molar-refractivity contribution in [3.05, 3.63) is 0 Å². The van der Waals surface area contributed by atoms with Crippen LogP contribution in [0.1, 0.15) is 19.8 Å². The summed E-state index contributed by atoms with van der Waals surface area (Å²) in [4.78, 5) is 0. The quantitative estimate of drug-likeness (QED) is 0.496. The maximum Gasteiger partial charge on any atom is 0.452 e. The molecule has 0 amide bonds. The van der Waals surface area contributed by atoms with Crippen LogP contribution in [0.4, 0.5) is 0 Å². The summed E-state index contributed by atoms with van der Waals surface area (Å²) in [7, 11) is 0. The molecule has 0 radical (unpaired) electrons. The molecule has 0 saturated carbocycles. The lowest BCUT2D eigenvalue weighted by molar-refractivity contribution is 0.0236. The van der Waals surface area contributed by atoms with Gasteiger partial charge in [-0.15, -0.1) is 17.0 Å². The molecule has 64 valence electrons. The number of ether oxygens (including phenoxy) is 2. The highest BCUT2D eigenvalue weighted by Gasteiger charge is 2.17. The van der Waals surface area contributed by atoms with Crippen LogP contribution in [-0.2, 0) is 9.47 Å². The fourth-order valence-corrected chi connectivity index (χ4v) is 2.92. The van der Waals surface area contributed by atoms with Gasteiger partial charge in [0.25, 0.3) is 0 Å². The predicted molar refractivity (Wildman–Crippen MR) is 48.4 cm³/mol. The van der Waals surface area contributed by atoms with Crippen LogP contribution in [0.3, 0.4) is 0 Å². The van der Waals surface area contributed by atoms with E-state index in [9.17, 15) is 0 Å². The molecule has 4 heteroatoms. The van der Waals surface area contributed by atoms with Gasteiger partial charge in [0.1, 0.15) is 0 Å². The minimum absolute atomic E-state index is 0. The van der Waals surface area contributed by atoms with E-state index in [1.807, 2.05) is 0 Å². The van der Waals surface area contributed by atoms with Crippen LogP contribution < -0.4 is 0 Å². The van der Waals surface area contributed by atoms with E-state index in [0.29, 0.717) is 0 Å². The molecule has 0 aliphatic carbocycles. The summed E-state index contributed by atoms with van der Waals surface area (Å²) in [5.41, 5.74) is 0. The Morgan fingerprint density at radius 1 is 1.36 bits per heavy atom. The molecule has 1 fully saturated rings. The minimum Gasteiger partial charge on any atom is -0.379 e. The van der Waals surface area contributed by atoms with Gasteiger partial charge in [0, 0.05) is 4.42 Å². The molecule has 0 unspecified atom stereocenters. The predicted octanol–water partition coefficient (Wildman–Crippen LogP) is 1.66. The van der Waals surface area contributed by atoms with Crippen molar-refractivity contribution in [3.8, 4) is 0 Å². The number of hydrogen-bond acceptors (Lipinski definition) is 2. The van der Waals surface area contributed by atoms with Crippen LogP contribution >= 0.6 is 12.4 Å². The number of unbranched alkanes of at least 4 members (excludes halogenated alkanes) is 1. The third-order valence-corrected chi connectivity index (χ3v) is 3.59. The number of hydrogen-bond donors (Lipinski definition) is 0. The topological polar surface area (TPSA) is 18.5 Å². The molecule has 1 aliphatic heterocycles. The highest BCUT2D eigenvalue weighted by atomic mass is 35.5. The Bertz CT molecular complexity index is 86.5. The van der Waals surface area contributed by atoms with E-state index in [1.165, 1.54) is 17.4 Å². The van der Waals surface area contributed by atoms with E-state index in [2.05, 4.69) is 6.92 Å². The third kappa shape index (κ3) is 5.25. The molecule has 0 spiro atoms. The zero-order valence-corrected chi connectivity index (χ0v) is 9.28. The summed E-state index contributed by atoms with van der Waals surface area (Å²) < 4.78 is 12.3. The normalized spacial score (nSPS) is 17.5. The molecule has 0 aromatic heterocycles. The summed E-state index contributed by atoms with van der Waals surface area (Å²) >= 11 is -0.0677. The minimum atomic E-state index is -0.0677. The van der Waals surface area contributed by atoms with Crippen LogP contribution in [0.2, 0.25) is 4.55 Å². The Morgan fingerprint density at radius 3 is 2.55 bits per heavy atom. The summed E-state index contributed by atoms with van der Waals surface area (Å²) in [5.74, 6) is 0. The Labute approximate surface area is 84.1 Å². The van der Waals surface area contributed by atoms with Gasteiger partial charge in [-0.3, -0.25) is 0 Å². The van der Waals surface area contributed by atoms with Gasteiger partial charge in [-0.25, -0.2) is 0 Å². The fourth-order valence-electron chi connectivity index (χ4n) is 1.13. The van der Waals surface area contributed by atoms with Crippen LogP contribution in [0.5, 0.6) is 0 Å². The van der Waals surface area contributed by atoms with Gasteiger partial charge in [-0.1, -0.05) is 19.8 Å². The van der Waals surface area contributed by atoms with E-state index in [0.717, 1.165) is 13.2 Å². The molecule has 1 aliphatic rings. The maximum absolute atomic E-state index is 5.34. The Balaban J connectivity index is 0.000001000. The Hall–Kier alpha value is 0.976. The maximum atomic E-state index is 5.34. The van der Waals surface area contributed by atoms with Crippen LogP contribution in [0.15, 0.2) is 0 Å². The molecule has 1 heterocycles. The first kappa shape index (κ1) is 12.0. The first-order valence-corrected chi connectivity index (χ1v) is 5.98. The SMILES string of the molecule is CCC[CH2][Mg][CH]1OCCO1.Cl. The largest absolute Gasteiger partial charge is 0.452 e. The molecular formula is C7H15ClMgO2. The third-order valence-electron chi connectivity index (χ3n) is 1.73. The molecule has 0 aromatic carbocycles. The van der Waals surface area contributed by atoms with Gasteiger partial charge in [0.2, 0.25) is 0 Å². The molecule has 0 bridgehead atoms. The summed E-state index contributed by atoms with van der Waals surface area (Å²) in [6, 6.07) is 0.